The number of benzene rings is 1. The first-order valence-corrected chi connectivity index (χ1v) is 9.01. The van der Waals surface area contributed by atoms with Crippen LogP contribution in [0.25, 0.3) is 10.9 Å². The number of fused-ring (bicyclic) bond motifs is 1. The van der Waals surface area contributed by atoms with Crippen molar-refractivity contribution in [3.8, 4) is 0 Å². The Hall–Kier alpha value is -2.66. The van der Waals surface area contributed by atoms with Crippen LogP contribution in [0, 0.1) is 6.92 Å². The Morgan fingerprint density at radius 3 is 2.88 bits per heavy atom. The van der Waals surface area contributed by atoms with Crippen LogP contribution in [0.2, 0.25) is 0 Å². The van der Waals surface area contributed by atoms with Crippen molar-refractivity contribution in [3.05, 3.63) is 65.2 Å². The number of pyridine rings is 1. The lowest BCUT2D eigenvalue weighted by Gasteiger charge is -2.32. The Bertz CT molecular complexity index is 934. The van der Waals surface area contributed by atoms with Gasteiger partial charge in [-0.05, 0) is 37.1 Å². The van der Waals surface area contributed by atoms with Crippen molar-refractivity contribution in [1.29, 1.82) is 0 Å². The van der Waals surface area contributed by atoms with Gasteiger partial charge in [0, 0.05) is 17.6 Å². The topological polar surface area (TPSA) is 55.6 Å². The van der Waals surface area contributed by atoms with E-state index >= 15 is 0 Å². The van der Waals surface area contributed by atoms with Crippen LogP contribution >= 0.6 is 0 Å². The summed E-state index contributed by atoms with van der Waals surface area (Å²) in [6.45, 7) is 5.63. The molecule has 4 rings (SSSR count). The Balaban J connectivity index is 1.73. The molecule has 1 aromatic carbocycles. The quantitative estimate of drug-likeness (QED) is 0.719. The molecule has 1 aliphatic heterocycles. The summed E-state index contributed by atoms with van der Waals surface area (Å²) >= 11 is 0. The first-order chi connectivity index (χ1) is 12.7. The number of nitrogens with zero attached hydrogens (tertiary/aromatic N) is 2. The van der Waals surface area contributed by atoms with E-state index in [1.807, 2.05) is 48.2 Å². The minimum Gasteiger partial charge on any atom is -0.467 e. The first-order valence-electron chi connectivity index (χ1n) is 9.01. The molecule has 3 heterocycles. The van der Waals surface area contributed by atoms with E-state index in [1.54, 1.807) is 6.26 Å². The predicted molar refractivity (Wildman–Crippen MR) is 99.2 cm³/mol. The maximum absolute atomic E-state index is 13.4. The Kier molecular flexibility index (Phi) is 4.47. The maximum Gasteiger partial charge on any atom is 0.255 e. The molecule has 5 heteroatoms. The molecular weight excluding hydrogens is 328 g/mol. The Morgan fingerprint density at radius 2 is 2.12 bits per heavy atom. The molecule has 0 unspecified atom stereocenters. The van der Waals surface area contributed by atoms with Crippen molar-refractivity contribution in [2.75, 3.05) is 19.7 Å². The summed E-state index contributed by atoms with van der Waals surface area (Å²) in [5, 5.41) is 0.910. The van der Waals surface area contributed by atoms with Crippen molar-refractivity contribution < 1.29 is 13.9 Å². The van der Waals surface area contributed by atoms with E-state index in [0.717, 1.165) is 39.9 Å². The molecule has 1 atom stereocenters. The molecule has 1 amide bonds. The lowest BCUT2D eigenvalue weighted by atomic mass is 9.98. The van der Waals surface area contributed by atoms with Crippen LogP contribution in [0.4, 0.5) is 0 Å². The van der Waals surface area contributed by atoms with Gasteiger partial charge in [0.15, 0.2) is 0 Å². The maximum atomic E-state index is 13.4. The number of carbonyl (C=O) groups is 1. The van der Waals surface area contributed by atoms with Crippen LogP contribution in [-0.2, 0) is 11.2 Å². The largest absolute Gasteiger partial charge is 0.467 e. The fraction of sp³-hybridized carbons (Fsp3) is 0.333. The van der Waals surface area contributed by atoms with Crippen LogP contribution in [-0.4, -0.2) is 35.5 Å². The zero-order valence-electron chi connectivity index (χ0n) is 15.1. The molecule has 0 spiro atoms. The van der Waals surface area contributed by atoms with E-state index in [2.05, 4.69) is 6.92 Å². The molecule has 5 nitrogen and oxygen atoms in total. The van der Waals surface area contributed by atoms with Crippen molar-refractivity contribution in [2.24, 2.45) is 0 Å². The Morgan fingerprint density at radius 1 is 1.27 bits per heavy atom. The van der Waals surface area contributed by atoms with Crippen molar-refractivity contribution in [1.82, 2.24) is 9.88 Å². The fourth-order valence-electron chi connectivity index (χ4n) is 3.62. The van der Waals surface area contributed by atoms with Gasteiger partial charge >= 0.3 is 0 Å². The summed E-state index contributed by atoms with van der Waals surface area (Å²) in [5.41, 5.74) is 3.57. The van der Waals surface area contributed by atoms with Gasteiger partial charge in [-0.25, -0.2) is 0 Å². The molecule has 134 valence electrons. The summed E-state index contributed by atoms with van der Waals surface area (Å²) in [6.07, 6.45) is 2.21. The number of hydrogen-bond donors (Lipinski definition) is 0. The molecule has 26 heavy (non-hydrogen) atoms. The van der Waals surface area contributed by atoms with E-state index in [9.17, 15) is 4.79 Å². The highest BCUT2D eigenvalue weighted by Crippen LogP contribution is 2.28. The van der Waals surface area contributed by atoms with Crippen LogP contribution in [0.3, 0.4) is 0 Å². The lowest BCUT2D eigenvalue weighted by Crippen LogP contribution is -2.42. The van der Waals surface area contributed by atoms with Gasteiger partial charge in [0.25, 0.3) is 5.91 Å². The van der Waals surface area contributed by atoms with Crippen LogP contribution in [0.15, 0.2) is 47.1 Å². The Labute approximate surface area is 152 Å². The highest BCUT2D eigenvalue weighted by molar-refractivity contribution is 6.07. The van der Waals surface area contributed by atoms with E-state index in [-0.39, 0.29) is 12.0 Å². The van der Waals surface area contributed by atoms with Gasteiger partial charge in [0.1, 0.15) is 11.9 Å². The third-order valence-corrected chi connectivity index (χ3v) is 5.00. The van der Waals surface area contributed by atoms with Crippen molar-refractivity contribution >= 4 is 16.8 Å². The number of para-hydroxylation sites is 1. The number of ether oxygens (including phenoxy) is 1. The van der Waals surface area contributed by atoms with Gasteiger partial charge < -0.3 is 14.1 Å². The number of furan rings is 1. The lowest BCUT2D eigenvalue weighted by molar-refractivity contribution is -0.0321. The molecule has 2 aromatic heterocycles. The third kappa shape index (κ3) is 2.88. The number of aromatic nitrogens is 1. The molecule has 0 radical (unpaired) electrons. The number of aryl methyl sites for hydroxylation is 1. The second kappa shape index (κ2) is 6.92. The number of morpholine rings is 1. The molecule has 1 aliphatic rings. The van der Waals surface area contributed by atoms with Crippen LogP contribution < -0.4 is 0 Å². The van der Waals surface area contributed by atoms with Gasteiger partial charge in [0.05, 0.1) is 30.5 Å². The smallest absolute Gasteiger partial charge is 0.255 e. The van der Waals surface area contributed by atoms with Gasteiger partial charge in [0.2, 0.25) is 0 Å². The van der Waals surface area contributed by atoms with Crippen molar-refractivity contribution in [3.63, 3.8) is 0 Å². The summed E-state index contributed by atoms with van der Waals surface area (Å²) in [7, 11) is 0. The zero-order chi connectivity index (χ0) is 18.1. The second-order valence-corrected chi connectivity index (χ2v) is 6.56. The third-order valence-electron chi connectivity index (χ3n) is 5.00. The fourth-order valence-corrected chi connectivity index (χ4v) is 3.62. The summed E-state index contributed by atoms with van der Waals surface area (Å²) in [6, 6.07) is 11.6. The number of hydrogen-bond acceptors (Lipinski definition) is 4. The number of amides is 1. The predicted octanol–water partition coefficient (Wildman–Crippen LogP) is 3.91. The second-order valence-electron chi connectivity index (χ2n) is 6.56. The molecule has 1 fully saturated rings. The van der Waals surface area contributed by atoms with Gasteiger partial charge in [-0.3, -0.25) is 9.78 Å². The molecule has 3 aromatic rings. The van der Waals surface area contributed by atoms with Gasteiger partial charge in [-0.1, -0.05) is 25.1 Å². The monoisotopic (exact) mass is 350 g/mol. The number of rotatable bonds is 3. The number of carbonyl (C=O) groups excluding carboxylic acids is 1. The highest BCUT2D eigenvalue weighted by atomic mass is 16.5. The molecule has 0 aliphatic carbocycles. The van der Waals surface area contributed by atoms with Crippen LogP contribution in [0.1, 0.15) is 40.4 Å². The minimum atomic E-state index is -0.221. The molecule has 0 saturated carbocycles. The van der Waals surface area contributed by atoms with E-state index in [4.69, 9.17) is 14.1 Å². The molecular formula is C21H22N2O3. The van der Waals surface area contributed by atoms with Crippen molar-refractivity contribution in [2.45, 2.75) is 26.4 Å². The first kappa shape index (κ1) is 16.8. The van der Waals surface area contributed by atoms with Gasteiger partial charge in [-0.15, -0.1) is 0 Å². The highest BCUT2D eigenvalue weighted by Gasteiger charge is 2.29. The average Bonchev–Trinajstić information content (AvgIpc) is 3.22. The summed E-state index contributed by atoms with van der Waals surface area (Å²) < 4.78 is 11.3. The molecule has 1 saturated heterocycles. The molecule has 0 N–H and O–H groups in total. The summed E-state index contributed by atoms with van der Waals surface area (Å²) in [4.78, 5) is 20.0. The summed E-state index contributed by atoms with van der Waals surface area (Å²) in [5.74, 6) is 0.795. The van der Waals surface area contributed by atoms with Gasteiger partial charge in [-0.2, -0.15) is 0 Å². The standard InChI is InChI=1S/C21H22N2O3/c1-3-16-14(2)20(15-7-4-5-8-17(15)22-16)21(24)23-10-12-26-19(13-23)18-9-6-11-25-18/h4-9,11,19H,3,10,12-13H2,1-2H3/t19-/m1/s1. The van der Waals surface area contributed by atoms with E-state index < -0.39 is 0 Å². The average molecular weight is 350 g/mol. The van der Waals surface area contributed by atoms with E-state index in [0.29, 0.717) is 19.7 Å². The minimum absolute atomic E-state index is 0.0376. The zero-order valence-corrected chi connectivity index (χ0v) is 15.1. The normalized spacial score (nSPS) is 17.6. The molecule has 0 bridgehead atoms. The SMILES string of the molecule is CCc1nc2ccccc2c(C(=O)N2CCO[C@@H](c3ccco3)C2)c1C. The van der Waals surface area contributed by atoms with E-state index in [1.165, 1.54) is 0 Å². The van der Waals surface area contributed by atoms with Crippen LogP contribution in [0.5, 0.6) is 0 Å².